The molecule has 2 N–H and O–H groups in total. The SMILES string of the molecule is Cc1csc(-c2ccc(NCc3cc(-c4ccncc4)n[nH]3)cc2)n1. The van der Waals surface area contributed by atoms with E-state index in [9.17, 15) is 0 Å². The van der Waals surface area contributed by atoms with Crippen LogP contribution in [0.1, 0.15) is 11.4 Å². The van der Waals surface area contributed by atoms with Gasteiger partial charge in [0.25, 0.3) is 0 Å². The zero-order valence-corrected chi connectivity index (χ0v) is 14.5. The molecule has 1 aromatic carbocycles. The highest BCUT2D eigenvalue weighted by molar-refractivity contribution is 7.13. The molecule has 0 aliphatic heterocycles. The second-order valence-electron chi connectivity index (χ2n) is 5.74. The molecule has 0 aliphatic carbocycles. The lowest BCUT2D eigenvalue weighted by Crippen LogP contribution is -1.99. The molecular formula is C19H17N5S. The van der Waals surface area contributed by atoms with Gasteiger partial charge in [0.15, 0.2) is 0 Å². The molecule has 0 unspecified atom stereocenters. The second kappa shape index (κ2) is 6.86. The van der Waals surface area contributed by atoms with Crippen molar-refractivity contribution >= 4 is 17.0 Å². The molecule has 0 amide bonds. The molecule has 0 bridgehead atoms. The molecule has 3 aromatic heterocycles. The van der Waals surface area contributed by atoms with Crippen molar-refractivity contribution < 1.29 is 0 Å². The smallest absolute Gasteiger partial charge is 0.123 e. The first-order chi connectivity index (χ1) is 12.3. The standard InChI is InChI=1S/C19H17N5S/c1-13-12-25-19(22-13)15-2-4-16(5-3-15)21-11-17-10-18(24-23-17)14-6-8-20-9-7-14/h2-10,12,21H,11H2,1H3,(H,23,24). The van der Waals surface area contributed by atoms with E-state index >= 15 is 0 Å². The van der Waals surface area contributed by atoms with Gasteiger partial charge in [-0.2, -0.15) is 5.10 Å². The fourth-order valence-corrected chi connectivity index (χ4v) is 3.34. The summed E-state index contributed by atoms with van der Waals surface area (Å²) in [5, 5.41) is 14.0. The number of anilines is 1. The Bertz CT molecular complexity index is 957. The predicted molar refractivity (Wildman–Crippen MR) is 101 cm³/mol. The topological polar surface area (TPSA) is 66.5 Å². The summed E-state index contributed by atoms with van der Waals surface area (Å²) in [6.07, 6.45) is 3.54. The van der Waals surface area contributed by atoms with Gasteiger partial charge in [0.1, 0.15) is 5.01 Å². The number of thiazole rings is 1. The maximum absolute atomic E-state index is 4.52. The number of pyridine rings is 1. The van der Waals surface area contributed by atoms with Crippen LogP contribution in [0.3, 0.4) is 0 Å². The fraction of sp³-hybridized carbons (Fsp3) is 0.105. The van der Waals surface area contributed by atoms with Crippen LogP contribution in [0, 0.1) is 6.92 Å². The molecule has 0 saturated carbocycles. The van der Waals surface area contributed by atoms with Crippen LogP contribution in [0.5, 0.6) is 0 Å². The number of hydrogen-bond acceptors (Lipinski definition) is 5. The van der Waals surface area contributed by atoms with E-state index < -0.39 is 0 Å². The average Bonchev–Trinajstić information content (AvgIpc) is 3.30. The van der Waals surface area contributed by atoms with E-state index in [2.05, 4.69) is 61.2 Å². The van der Waals surface area contributed by atoms with Gasteiger partial charge < -0.3 is 5.32 Å². The van der Waals surface area contributed by atoms with E-state index in [0.717, 1.165) is 38.9 Å². The number of aromatic nitrogens is 4. The van der Waals surface area contributed by atoms with Crippen LogP contribution in [0.2, 0.25) is 0 Å². The third-order valence-electron chi connectivity index (χ3n) is 3.84. The van der Waals surface area contributed by atoms with Gasteiger partial charge in [0.05, 0.1) is 17.9 Å². The quantitative estimate of drug-likeness (QED) is 0.557. The Kier molecular flexibility index (Phi) is 4.26. The minimum atomic E-state index is 0.688. The van der Waals surface area contributed by atoms with Crippen molar-refractivity contribution in [2.45, 2.75) is 13.5 Å². The Morgan fingerprint density at radius 3 is 2.56 bits per heavy atom. The van der Waals surface area contributed by atoms with E-state index in [4.69, 9.17) is 0 Å². The van der Waals surface area contributed by atoms with Crippen LogP contribution in [-0.2, 0) is 6.54 Å². The van der Waals surface area contributed by atoms with Gasteiger partial charge in [-0.15, -0.1) is 11.3 Å². The Balaban J connectivity index is 1.41. The molecule has 0 spiro atoms. The number of aryl methyl sites for hydroxylation is 1. The van der Waals surface area contributed by atoms with Crippen LogP contribution >= 0.6 is 11.3 Å². The van der Waals surface area contributed by atoms with Crippen molar-refractivity contribution in [3.8, 4) is 21.8 Å². The predicted octanol–water partition coefficient (Wildman–Crippen LogP) is 4.52. The molecule has 124 valence electrons. The molecule has 3 heterocycles. The van der Waals surface area contributed by atoms with Crippen LogP contribution in [-0.4, -0.2) is 20.2 Å². The molecule has 0 fully saturated rings. The number of rotatable bonds is 5. The zero-order valence-electron chi connectivity index (χ0n) is 13.7. The Labute approximate surface area is 149 Å². The van der Waals surface area contributed by atoms with Crippen molar-refractivity contribution in [1.82, 2.24) is 20.2 Å². The molecule has 4 aromatic rings. The monoisotopic (exact) mass is 347 g/mol. The molecule has 0 saturated heterocycles. The van der Waals surface area contributed by atoms with Crippen molar-refractivity contribution in [2.75, 3.05) is 5.32 Å². The molecule has 0 radical (unpaired) electrons. The Hall–Kier alpha value is -2.99. The molecule has 0 aliphatic rings. The summed E-state index contributed by atoms with van der Waals surface area (Å²) >= 11 is 1.67. The number of hydrogen-bond donors (Lipinski definition) is 2. The third-order valence-corrected chi connectivity index (χ3v) is 4.85. The maximum atomic E-state index is 4.52. The van der Waals surface area contributed by atoms with Crippen LogP contribution in [0.25, 0.3) is 21.8 Å². The Morgan fingerprint density at radius 2 is 1.84 bits per heavy atom. The van der Waals surface area contributed by atoms with E-state index in [1.165, 1.54) is 0 Å². The van der Waals surface area contributed by atoms with E-state index in [0.29, 0.717) is 6.54 Å². The van der Waals surface area contributed by atoms with Crippen LogP contribution < -0.4 is 5.32 Å². The minimum absolute atomic E-state index is 0.688. The van der Waals surface area contributed by atoms with Gasteiger partial charge in [-0.05, 0) is 49.4 Å². The summed E-state index contributed by atoms with van der Waals surface area (Å²) in [7, 11) is 0. The molecule has 4 rings (SSSR count). The van der Waals surface area contributed by atoms with Crippen molar-refractivity contribution in [1.29, 1.82) is 0 Å². The van der Waals surface area contributed by atoms with Crippen LogP contribution in [0.15, 0.2) is 60.2 Å². The van der Waals surface area contributed by atoms with Crippen molar-refractivity contribution in [3.63, 3.8) is 0 Å². The van der Waals surface area contributed by atoms with Gasteiger partial charge >= 0.3 is 0 Å². The van der Waals surface area contributed by atoms with E-state index in [1.54, 1.807) is 23.7 Å². The second-order valence-corrected chi connectivity index (χ2v) is 6.60. The molecule has 6 heteroatoms. The number of H-pyrrole nitrogens is 1. The zero-order chi connectivity index (χ0) is 17.1. The first-order valence-corrected chi connectivity index (χ1v) is 8.87. The highest BCUT2D eigenvalue weighted by Gasteiger charge is 2.05. The number of nitrogens with zero attached hydrogens (tertiary/aromatic N) is 3. The number of nitrogens with one attached hydrogen (secondary N) is 2. The summed E-state index contributed by atoms with van der Waals surface area (Å²) in [5.41, 5.74) is 6.29. The fourth-order valence-electron chi connectivity index (χ4n) is 2.54. The third kappa shape index (κ3) is 3.59. The van der Waals surface area contributed by atoms with Crippen molar-refractivity contribution in [3.05, 3.63) is 71.6 Å². The number of benzene rings is 1. The highest BCUT2D eigenvalue weighted by Crippen LogP contribution is 2.25. The summed E-state index contributed by atoms with van der Waals surface area (Å²) in [5.74, 6) is 0. The highest BCUT2D eigenvalue weighted by atomic mass is 32.1. The molecule has 0 atom stereocenters. The van der Waals surface area contributed by atoms with Crippen LogP contribution in [0.4, 0.5) is 5.69 Å². The lowest BCUT2D eigenvalue weighted by atomic mass is 10.2. The van der Waals surface area contributed by atoms with Crippen molar-refractivity contribution in [2.24, 2.45) is 0 Å². The largest absolute Gasteiger partial charge is 0.379 e. The summed E-state index contributed by atoms with van der Waals surface area (Å²) in [6, 6.07) is 14.3. The first kappa shape index (κ1) is 15.5. The molecular weight excluding hydrogens is 330 g/mol. The van der Waals surface area contributed by atoms with Gasteiger partial charge in [-0.3, -0.25) is 10.1 Å². The molecule has 5 nitrogen and oxygen atoms in total. The first-order valence-electron chi connectivity index (χ1n) is 7.99. The summed E-state index contributed by atoms with van der Waals surface area (Å²) < 4.78 is 0. The summed E-state index contributed by atoms with van der Waals surface area (Å²) in [6.45, 7) is 2.70. The minimum Gasteiger partial charge on any atom is -0.379 e. The molecule has 25 heavy (non-hydrogen) atoms. The summed E-state index contributed by atoms with van der Waals surface area (Å²) in [4.78, 5) is 8.55. The lowest BCUT2D eigenvalue weighted by Gasteiger charge is -2.05. The van der Waals surface area contributed by atoms with Gasteiger partial charge in [0.2, 0.25) is 0 Å². The van der Waals surface area contributed by atoms with Gasteiger partial charge in [-0.25, -0.2) is 4.98 Å². The van der Waals surface area contributed by atoms with E-state index in [-0.39, 0.29) is 0 Å². The maximum Gasteiger partial charge on any atom is 0.123 e. The van der Waals surface area contributed by atoms with E-state index in [1.807, 2.05) is 19.1 Å². The van der Waals surface area contributed by atoms with Gasteiger partial charge in [-0.1, -0.05) is 0 Å². The average molecular weight is 347 g/mol. The van der Waals surface area contributed by atoms with Gasteiger partial charge in [0, 0.05) is 40.3 Å². The lowest BCUT2D eigenvalue weighted by molar-refractivity contribution is 0.983. The Morgan fingerprint density at radius 1 is 1.04 bits per heavy atom. The number of aromatic amines is 1. The normalized spacial score (nSPS) is 10.8.